The first-order valence-electron chi connectivity index (χ1n) is 3.21. The van der Waals surface area contributed by atoms with Gasteiger partial charge < -0.3 is 15.5 Å². The van der Waals surface area contributed by atoms with Gasteiger partial charge in [0.05, 0.1) is 12.2 Å². The molecular weight excluding hydrogens is 118 g/mol. The maximum absolute atomic E-state index is 9.32. The lowest BCUT2D eigenvalue weighted by atomic mass is 10.0. The molecule has 1 saturated heterocycles. The minimum atomic E-state index is -0.604. The Morgan fingerprint density at radius 1 is 1.78 bits per heavy atom. The van der Waals surface area contributed by atoms with Gasteiger partial charge in [0.1, 0.15) is 0 Å². The van der Waals surface area contributed by atoms with Gasteiger partial charge in [0, 0.05) is 12.6 Å². The Hall–Kier alpha value is -0.120. The normalized spacial score (nSPS) is 43.7. The summed E-state index contributed by atoms with van der Waals surface area (Å²) in [4.78, 5) is 0. The maximum atomic E-state index is 9.32. The predicted octanol–water partition coefficient (Wildman–Crippen LogP) is -0.908. The number of β-amino-alcohol motifs (C(OH)–C–C–N with tert-alkyl or cyclic N) is 1. The molecule has 3 nitrogen and oxygen atoms in total. The van der Waals surface area contributed by atoms with E-state index in [4.69, 9.17) is 5.11 Å². The maximum Gasteiger partial charge on any atom is 0.0759 e. The summed E-state index contributed by atoms with van der Waals surface area (Å²) in [6, 6.07) is 0.0972. The van der Waals surface area contributed by atoms with Crippen LogP contribution in [-0.4, -0.2) is 35.0 Å². The standard InChI is InChI=1S/C6H13NO2/c1-6(9)2-5(3-8)7-4-6/h5,7-9H,2-4H2,1H3/t5-,6?/m0/s1. The smallest absolute Gasteiger partial charge is 0.0759 e. The van der Waals surface area contributed by atoms with Gasteiger partial charge in [-0.3, -0.25) is 0 Å². The molecule has 0 aromatic carbocycles. The fraction of sp³-hybridized carbons (Fsp3) is 1.00. The lowest BCUT2D eigenvalue weighted by Gasteiger charge is -2.12. The van der Waals surface area contributed by atoms with Crippen LogP contribution in [0.2, 0.25) is 0 Å². The van der Waals surface area contributed by atoms with Crippen LogP contribution >= 0.6 is 0 Å². The molecule has 1 heterocycles. The quantitative estimate of drug-likeness (QED) is 0.432. The molecule has 1 aliphatic heterocycles. The van der Waals surface area contributed by atoms with Gasteiger partial charge in [0.2, 0.25) is 0 Å². The summed E-state index contributed by atoms with van der Waals surface area (Å²) in [5, 5.41) is 20.9. The van der Waals surface area contributed by atoms with Crippen molar-refractivity contribution in [2.45, 2.75) is 25.0 Å². The van der Waals surface area contributed by atoms with Gasteiger partial charge in [-0.2, -0.15) is 0 Å². The van der Waals surface area contributed by atoms with Gasteiger partial charge in [-0.05, 0) is 13.3 Å². The van der Waals surface area contributed by atoms with Gasteiger partial charge >= 0.3 is 0 Å². The first-order valence-corrected chi connectivity index (χ1v) is 3.21. The molecule has 1 aliphatic rings. The second kappa shape index (κ2) is 2.25. The highest BCUT2D eigenvalue weighted by molar-refractivity contribution is 4.89. The molecule has 0 amide bonds. The number of hydrogen-bond donors (Lipinski definition) is 3. The highest BCUT2D eigenvalue weighted by atomic mass is 16.3. The minimum Gasteiger partial charge on any atom is -0.395 e. The van der Waals surface area contributed by atoms with Crippen LogP contribution in [0.15, 0.2) is 0 Å². The second-order valence-electron chi connectivity index (χ2n) is 2.96. The molecule has 9 heavy (non-hydrogen) atoms. The second-order valence-corrected chi connectivity index (χ2v) is 2.96. The first-order chi connectivity index (χ1) is 4.14. The first kappa shape index (κ1) is 6.99. The summed E-state index contributed by atoms with van der Waals surface area (Å²) in [6.07, 6.45) is 0.656. The molecule has 1 fully saturated rings. The highest BCUT2D eigenvalue weighted by Crippen LogP contribution is 2.17. The van der Waals surface area contributed by atoms with E-state index < -0.39 is 5.60 Å². The molecule has 1 rings (SSSR count). The fourth-order valence-electron chi connectivity index (χ4n) is 1.17. The molecule has 54 valence electrons. The van der Waals surface area contributed by atoms with Gasteiger partial charge in [0.15, 0.2) is 0 Å². The molecule has 0 radical (unpaired) electrons. The molecular formula is C6H13NO2. The zero-order valence-electron chi connectivity index (χ0n) is 5.59. The van der Waals surface area contributed by atoms with Crippen molar-refractivity contribution in [3.05, 3.63) is 0 Å². The van der Waals surface area contributed by atoms with E-state index in [0.29, 0.717) is 13.0 Å². The van der Waals surface area contributed by atoms with Crippen LogP contribution in [0.3, 0.4) is 0 Å². The Bertz CT molecular complexity index is 103. The van der Waals surface area contributed by atoms with Crippen molar-refractivity contribution in [3.8, 4) is 0 Å². The Balaban J connectivity index is 2.38. The number of rotatable bonds is 1. The Morgan fingerprint density at radius 2 is 2.44 bits per heavy atom. The van der Waals surface area contributed by atoms with Gasteiger partial charge in [0.25, 0.3) is 0 Å². The van der Waals surface area contributed by atoms with E-state index >= 15 is 0 Å². The molecule has 0 spiro atoms. The lowest BCUT2D eigenvalue weighted by Crippen LogP contribution is -2.26. The van der Waals surface area contributed by atoms with Crippen molar-refractivity contribution >= 4 is 0 Å². The number of hydrogen-bond acceptors (Lipinski definition) is 3. The lowest BCUT2D eigenvalue weighted by molar-refractivity contribution is 0.0764. The van der Waals surface area contributed by atoms with E-state index in [1.165, 1.54) is 0 Å². The van der Waals surface area contributed by atoms with E-state index in [9.17, 15) is 5.11 Å². The Labute approximate surface area is 54.7 Å². The molecule has 0 aromatic rings. The van der Waals surface area contributed by atoms with Gasteiger partial charge in [-0.15, -0.1) is 0 Å². The summed E-state index contributed by atoms with van der Waals surface area (Å²) in [6.45, 7) is 2.49. The third kappa shape index (κ3) is 1.64. The molecule has 0 aromatic heterocycles. The van der Waals surface area contributed by atoms with E-state index in [-0.39, 0.29) is 12.6 Å². The van der Waals surface area contributed by atoms with E-state index in [0.717, 1.165) is 0 Å². The average Bonchev–Trinajstić information content (AvgIpc) is 2.10. The molecule has 0 saturated carbocycles. The zero-order chi connectivity index (χ0) is 6.91. The predicted molar refractivity (Wildman–Crippen MR) is 34.1 cm³/mol. The minimum absolute atomic E-state index is 0.0972. The van der Waals surface area contributed by atoms with Gasteiger partial charge in [-0.1, -0.05) is 0 Å². The third-order valence-corrected chi connectivity index (χ3v) is 1.68. The monoisotopic (exact) mass is 131 g/mol. The van der Waals surface area contributed by atoms with Gasteiger partial charge in [-0.25, -0.2) is 0 Å². The number of aliphatic hydroxyl groups is 2. The van der Waals surface area contributed by atoms with E-state index in [1.54, 1.807) is 6.92 Å². The topological polar surface area (TPSA) is 52.5 Å². The zero-order valence-corrected chi connectivity index (χ0v) is 5.59. The molecule has 3 heteroatoms. The Morgan fingerprint density at radius 3 is 2.67 bits per heavy atom. The molecule has 1 unspecified atom stereocenters. The summed E-state index contributed by atoms with van der Waals surface area (Å²) < 4.78 is 0. The summed E-state index contributed by atoms with van der Waals surface area (Å²) in [7, 11) is 0. The molecule has 0 aliphatic carbocycles. The summed E-state index contributed by atoms with van der Waals surface area (Å²) >= 11 is 0. The fourth-order valence-corrected chi connectivity index (χ4v) is 1.17. The average molecular weight is 131 g/mol. The molecule has 0 bridgehead atoms. The van der Waals surface area contributed by atoms with Crippen LogP contribution in [0.5, 0.6) is 0 Å². The van der Waals surface area contributed by atoms with Crippen molar-refractivity contribution in [2.24, 2.45) is 0 Å². The Kier molecular flexibility index (Phi) is 1.75. The number of aliphatic hydroxyl groups excluding tert-OH is 1. The van der Waals surface area contributed by atoms with Crippen molar-refractivity contribution in [3.63, 3.8) is 0 Å². The van der Waals surface area contributed by atoms with Crippen LogP contribution in [-0.2, 0) is 0 Å². The van der Waals surface area contributed by atoms with Crippen LogP contribution in [0.25, 0.3) is 0 Å². The van der Waals surface area contributed by atoms with Crippen molar-refractivity contribution in [2.75, 3.05) is 13.2 Å². The molecule has 2 atom stereocenters. The summed E-state index contributed by atoms with van der Waals surface area (Å²) in [5.41, 5.74) is -0.604. The van der Waals surface area contributed by atoms with E-state index in [2.05, 4.69) is 5.32 Å². The number of nitrogens with one attached hydrogen (secondary N) is 1. The third-order valence-electron chi connectivity index (χ3n) is 1.68. The van der Waals surface area contributed by atoms with Crippen LogP contribution in [0.4, 0.5) is 0 Å². The van der Waals surface area contributed by atoms with Crippen molar-refractivity contribution in [1.82, 2.24) is 5.32 Å². The SMILES string of the molecule is CC1(O)CN[C@H](CO)C1. The van der Waals surface area contributed by atoms with Crippen LogP contribution in [0, 0.1) is 0 Å². The van der Waals surface area contributed by atoms with Crippen molar-refractivity contribution in [1.29, 1.82) is 0 Å². The highest BCUT2D eigenvalue weighted by Gasteiger charge is 2.31. The summed E-state index contributed by atoms with van der Waals surface area (Å²) in [5.74, 6) is 0. The largest absolute Gasteiger partial charge is 0.395 e. The van der Waals surface area contributed by atoms with Crippen LogP contribution in [0.1, 0.15) is 13.3 Å². The van der Waals surface area contributed by atoms with Crippen molar-refractivity contribution < 1.29 is 10.2 Å². The van der Waals surface area contributed by atoms with E-state index in [1.807, 2.05) is 0 Å². The molecule has 3 N–H and O–H groups in total. The van der Waals surface area contributed by atoms with Crippen LogP contribution < -0.4 is 5.32 Å².